The van der Waals surface area contributed by atoms with Gasteiger partial charge in [-0.05, 0) is 29.8 Å². The fourth-order valence-corrected chi connectivity index (χ4v) is 3.19. The second kappa shape index (κ2) is 6.30. The van der Waals surface area contributed by atoms with Gasteiger partial charge in [0.2, 0.25) is 10.1 Å². The molecule has 0 bridgehead atoms. The van der Waals surface area contributed by atoms with Crippen molar-refractivity contribution in [2.75, 3.05) is 5.32 Å². The SMILES string of the molecule is Oc1ccc(Cc2nnc3sc(Nc4cc(F)cc(F)c4)nn23)cc1F. The molecule has 0 aliphatic carbocycles. The number of benzene rings is 2. The van der Waals surface area contributed by atoms with Gasteiger partial charge in [-0.2, -0.15) is 4.52 Å². The van der Waals surface area contributed by atoms with Crippen molar-refractivity contribution in [3.63, 3.8) is 0 Å². The average Bonchev–Trinajstić information content (AvgIpc) is 3.11. The van der Waals surface area contributed by atoms with E-state index in [9.17, 15) is 18.3 Å². The number of phenols is 1. The fraction of sp³-hybridized carbons (Fsp3) is 0.0625. The molecule has 4 rings (SSSR count). The summed E-state index contributed by atoms with van der Waals surface area (Å²) in [6.07, 6.45) is 0.246. The van der Waals surface area contributed by atoms with E-state index in [1.54, 1.807) is 6.07 Å². The highest BCUT2D eigenvalue weighted by Crippen LogP contribution is 2.25. The van der Waals surface area contributed by atoms with Crippen molar-refractivity contribution in [2.24, 2.45) is 0 Å². The Bertz CT molecular complexity index is 1090. The zero-order valence-corrected chi connectivity index (χ0v) is 13.8. The van der Waals surface area contributed by atoms with Gasteiger partial charge in [0.15, 0.2) is 17.4 Å². The summed E-state index contributed by atoms with van der Waals surface area (Å²) in [7, 11) is 0. The standard InChI is InChI=1S/C16H10F3N5OS/c17-9-5-10(18)7-11(6-9)20-15-23-24-14(21-22-16(24)26-15)4-8-1-2-13(25)12(19)3-8/h1-3,5-7,25H,4H2,(H,20,23). The van der Waals surface area contributed by atoms with Crippen LogP contribution in [0.2, 0.25) is 0 Å². The third kappa shape index (κ3) is 3.18. The number of rotatable bonds is 4. The predicted molar refractivity (Wildman–Crippen MR) is 89.2 cm³/mol. The number of anilines is 2. The average molecular weight is 377 g/mol. The molecule has 0 fully saturated rings. The van der Waals surface area contributed by atoms with E-state index in [-0.39, 0.29) is 12.1 Å². The normalized spacial score (nSPS) is 11.2. The molecule has 0 saturated heterocycles. The monoisotopic (exact) mass is 377 g/mol. The van der Waals surface area contributed by atoms with Crippen LogP contribution in [0, 0.1) is 17.5 Å². The minimum Gasteiger partial charge on any atom is -0.505 e. The molecule has 2 aromatic heterocycles. The van der Waals surface area contributed by atoms with E-state index in [1.165, 1.54) is 16.6 Å². The van der Waals surface area contributed by atoms with Gasteiger partial charge in [-0.15, -0.1) is 15.3 Å². The van der Waals surface area contributed by atoms with Crippen LogP contribution in [0.5, 0.6) is 5.75 Å². The minimum atomic E-state index is -0.725. The van der Waals surface area contributed by atoms with E-state index < -0.39 is 23.2 Å². The summed E-state index contributed by atoms with van der Waals surface area (Å²) >= 11 is 1.15. The van der Waals surface area contributed by atoms with Gasteiger partial charge in [-0.3, -0.25) is 0 Å². The first kappa shape index (κ1) is 16.3. The van der Waals surface area contributed by atoms with Crippen LogP contribution in [-0.2, 0) is 6.42 Å². The number of hydrogen-bond acceptors (Lipinski definition) is 6. The fourth-order valence-electron chi connectivity index (χ4n) is 2.41. The van der Waals surface area contributed by atoms with Crippen LogP contribution >= 0.6 is 11.3 Å². The molecule has 0 aliphatic heterocycles. The van der Waals surface area contributed by atoms with Gasteiger partial charge in [-0.25, -0.2) is 13.2 Å². The maximum atomic E-state index is 13.5. The highest BCUT2D eigenvalue weighted by atomic mass is 32.1. The first-order valence-electron chi connectivity index (χ1n) is 7.39. The topological polar surface area (TPSA) is 75.3 Å². The van der Waals surface area contributed by atoms with Gasteiger partial charge in [0.25, 0.3) is 0 Å². The summed E-state index contributed by atoms with van der Waals surface area (Å²) in [6.45, 7) is 0. The molecule has 6 nitrogen and oxygen atoms in total. The molecule has 4 aromatic rings. The second-order valence-corrected chi connectivity index (χ2v) is 6.42. The van der Waals surface area contributed by atoms with Crippen LogP contribution in [0.4, 0.5) is 24.0 Å². The lowest BCUT2D eigenvalue weighted by atomic mass is 10.1. The summed E-state index contributed by atoms with van der Waals surface area (Å²) in [5.41, 5.74) is 0.805. The van der Waals surface area contributed by atoms with E-state index in [0.29, 0.717) is 21.5 Å². The third-order valence-corrected chi connectivity index (χ3v) is 4.36. The van der Waals surface area contributed by atoms with Crippen LogP contribution < -0.4 is 5.32 Å². The summed E-state index contributed by atoms with van der Waals surface area (Å²) in [4.78, 5) is 0.471. The summed E-state index contributed by atoms with van der Waals surface area (Å²) in [6, 6.07) is 7.10. The Morgan fingerprint density at radius 1 is 1.04 bits per heavy atom. The third-order valence-electron chi connectivity index (χ3n) is 3.54. The molecule has 2 N–H and O–H groups in total. The van der Waals surface area contributed by atoms with Crippen molar-refractivity contribution in [3.05, 3.63) is 65.2 Å². The zero-order valence-electron chi connectivity index (χ0n) is 12.9. The predicted octanol–water partition coefficient (Wildman–Crippen LogP) is 3.64. The molecule has 132 valence electrons. The first-order chi connectivity index (χ1) is 12.5. The van der Waals surface area contributed by atoms with Gasteiger partial charge in [-0.1, -0.05) is 17.4 Å². The Morgan fingerprint density at radius 3 is 2.54 bits per heavy atom. The molecular formula is C16H10F3N5OS. The van der Waals surface area contributed by atoms with Crippen molar-refractivity contribution in [3.8, 4) is 5.75 Å². The van der Waals surface area contributed by atoms with E-state index in [1.807, 2.05) is 0 Å². The number of aromatic hydroxyl groups is 1. The van der Waals surface area contributed by atoms with Crippen LogP contribution in [0.25, 0.3) is 4.96 Å². The molecule has 0 aliphatic rings. The molecule has 0 saturated carbocycles. The lowest BCUT2D eigenvalue weighted by molar-refractivity contribution is 0.432. The molecule has 2 aromatic carbocycles. The van der Waals surface area contributed by atoms with Crippen molar-refractivity contribution in [1.29, 1.82) is 0 Å². The first-order valence-corrected chi connectivity index (χ1v) is 8.21. The number of nitrogens with one attached hydrogen (secondary N) is 1. The van der Waals surface area contributed by atoms with Gasteiger partial charge >= 0.3 is 0 Å². The van der Waals surface area contributed by atoms with Gasteiger partial charge in [0.1, 0.15) is 11.6 Å². The van der Waals surface area contributed by atoms with E-state index in [4.69, 9.17) is 0 Å². The second-order valence-electron chi connectivity index (χ2n) is 5.46. The maximum absolute atomic E-state index is 13.5. The minimum absolute atomic E-state index is 0.217. The van der Waals surface area contributed by atoms with Gasteiger partial charge in [0, 0.05) is 18.2 Å². The quantitative estimate of drug-likeness (QED) is 0.568. The lowest BCUT2D eigenvalue weighted by Gasteiger charge is -2.02. The lowest BCUT2D eigenvalue weighted by Crippen LogP contribution is -1.99. The van der Waals surface area contributed by atoms with E-state index in [2.05, 4.69) is 20.6 Å². The molecule has 0 spiro atoms. The smallest absolute Gasteiger partial charge is 0.236 e. The molecule has 2 heterocycles. The number of hydrogen-bond donors (Lipinski definition) is 2. The van der Waals surface area contributed by atoms with Crippen molar-refractivity contribution in [1.82, 2.24) is 19.8 Å². The van der Waals surface area contributed by atoms with Crippen molar-refractivity contribution >= 4 is 27.1 Å². The summed E-state index contributed by atoms with van der Waals surface area (Å²) in [5.74, 6) is -2.10. The van der Waals surface area contributed by atoms with Crippen LogP contribution in [0.15, 0.2) is 36.4 Å². The Balaban J connectivity index is 1.61. The molecule has 0 radical (unpaired) electrons. The number of aromatic nitrogens is 4. The molecule has 10 heteroatoms. The summed E-state index contributed by atoms with van der Waals surface area (Å²) < 4.78 is 41.5. The zero-order chi connectivity index (χ0) is 18.3. The van der Waals surface area contributed by atoms with Crippen LogP contribution in [0.1, 0.15) is 11.4 Å². The molecule has 0 amide bonds. The van der Waals surface area contributed by atoms with Gasteiger partial charge in [0.05, 0.1) is 0 Å². The molecule has 0 unspecified atom stereocenters. The summed E-state index contributed by atoms with van der Waals surface area (Å²) in [5, 5.41) is 24.7. The number of nitrogens with zero attached hydrogens (tertiary/aromatic N) is 4. The van der Waals surface area contributed by atoms with Crippen molar-refractivity contribution < 1.29 is 18.3 Å². The van der Waals surface area contributed by atoms with Crippen LogP contribution in [0.3, 0.4) is 0 Å². The number of halogens is 3. The Morgan fingerprint density at radius 2 is 1.81 bits per heavy atom. The largest absolute Gasteiger partial charge is 0.505 e. The highest BCUT2D eigenvalue weighted by Gasteiger charge is 2.14. The molecule has 26 heavy (non-hydrogen) atoms. The van der Waals surface area contributed by atoms with Gasteiger partial charge < -0.3 is 10.4 Å². The Labute approximate surface area is 148 Å². The highest BCUT2D eigenvalue weighted by molar-refractivity contribution is 7.20. The number of fused-ring (bicyclic) bond motifs is 1. The molecule has 0 atom stereocenters. The van der Waals surface area contributed by atoms with E-state index in [0.717, 1.165) is 29.5 Å². The van der Waals surface area contributed by atoms with Crippen LogP contribution in [-0.4, -0.2) is 24.9 Å². The maximum Gasteiger partial charge on any atom is 0.236 e. The van der Waals surface area contributed by atoms with E-state index >= 15 is 0 Å². The van der Waals surface area contributed by atoms with Crippen molar-refractivity contribution in [2.45, 2.75) is 6.42 Å². The number of phenolic OH excluding ortho intramolecular Hbond substituents is 1. The Kier molecular flexibility index (Phi) is 3.96. The molecular weight excluding hydrogens is 367 g/mol. The Hall–Kier alpha value is -3.14.